The van der Waals surface area contributed by atoms with Crippen molar-refractivity contribution in [2.45, 2.75) is 13.5 Å². The molecule has 19 heavy (non-hydrogen) atoms. The lowest BCUT2D eigenvalue weighted by atomic mass is 10.3. The Morgan fingerprint density at radius 1 is 1.47 bits per heavy atom. The lowest BCUT2D eigenvalue weighted by Gasteiger charge is -2.05. The summed E-state index contributed by atoms with van der Waals surface area (Å²) < 4.78 is 4.88. The molecule has 100 valence electrons. The van der Waals surface area contributed by atoms with Gasteiger partial charge in [0.2, 0.25) is 11.7 Å². The van der Waals surface area contributed by atoms with Crippen molar-refractivity contribution in [3.05, 3.63) is 34.0 Å². The molecule has 0 amide bonds. The third kappa shape index (κ3) is 2.93. The Morgan fingerprint density at radius 3 is 2.84 bits per heavy atom. The molecule has 10 nitrogen and oxygen atoms in total. The molecular weight excluding hydrogens is 254 g/mol. The first-order chi connectivity index (χ1) is 9.10. The number of nitrogens with one attached hydrogen (secondary N) is 2. The van der Waals surface area contributed by atoms with Crippen LogP contribution in [0.2, 0.25) is 0 Å². The maximum absolute atomic E-state index is 10.9. The molecule has 4 N–H and O–H groups in total. The van der Waals surface area contributed by atoms with Crippen molar-refractivity contribution in [2.75, 3.05) is 10.7 Å². The van der Waals surface area contributed by atoms with Gasteiger partial charge in [0.15, 0.2) is 5.82 Å². The number of hydrazine groups is 1. The average molecular weight is 265 g/mol. The molecule has 2 heterocycles. The molecule has 0 fully saturated rings. The van der Waals surface area contributed by atoms with Crippen LogP contribution in [-0.2, 0) is 6.54 Å². The standard InChI is InChI=1S/C9H11N7O3/c1-5-12-8(19-15-5)4-11-9-6(16(17)18)2-3-7(13-9)14-10/h2-3H,4,10H2,1H3,(H2,11,13,14). The molecule has 0 aromatic carbocycles. The fraction of sp³-hybridized carbons (Fsp3) is 0.222. The molecular formula is C9H11N7O3. The normalized spacial score (nSPS) is 10.2. The molecule has 0 bridgehead atoms. The zero-order valence-corrected chi connectivity index (χ0v) is 9.95. The maximum atomic E-state index is 10.9. The Morgan fingerprint density at radius 2 is 2.26 bits per heavy atom. The minimum absolute atomic E-state index is 0.0660. The number of nitrogens with two attached hydrogens (primary N) is 1. The van der Waals surface area contributed by atoms with Crippen LogP contribution in [0.5, 0.6) is 0 Å². The molecule has 0 unspecified atom stereocenters. The zero-order valence-electron chi connectivity index (χ0n) is 9.95. The van der Waals surface area contributed by atoms with Gasteiger partial charge in [-0.25, -0.2) is 10.8 Å². The summed E-state index contributed by atoms with van der Waals surface area (Å²) >= 11 is 0. The summed E-state index contributed by atoms with van der Waals surface area (Å²) in [6, 6.07) is 2.70. The van der Waals surface area contributed by atoms with Crippen LogP contribution in [-0.4, -0.2) is 20.0 Å². The smallest absolute Gasteiger partial charge is 0.311 e. The maximum Gasteiger partial charge on any atom is 0.311 e. The van der Waals surface area contributed by atoms with Gasteiger partial charge in [-0.05, 0) is 13.0 Å². The van der Waals surface area contributed by atoms with Crippen LogP contribution in [0, 0.1) is 17.0 Å². The van der Waals surface area contributed by atoms with Crippen LogP contribution in [0.15, 0.2) is 16.7 Å². The second kappa shape index (κ2) is 5.27. The van der Waals surface area contributed by atoms with E-state index in [1.165, 1.54) is 12.1 Å². The number of nitrogens with zero attached hydrogens (tertiary/aromatic N) is 4. The summed E-state index contributed by atoms with van der Waals surface area (Å²) in [5.74, 6) is 6.36. The molecule has 0 saturated heterocycles. The number of nitro groups is 1. The van der Waals surface area contributed by atoms with Crippen molar-refractivity contribution >= 4 is 17.3 Å². The molecule has 2 aromatic rings. The molecule has 2 rings (SSSR count). The summed E-state index contributed by atoms with van der Waals surface area (Å²) in [6.45, 7) is 1.80. The van der Waals surface area contributed by atoms with Crippen molar-refractivity contribution in [3.63, 3.8) is 0 Å². The van der Waals surface area contributed by atoms with Crippen LogP contribution in [0.25, 0.3) is 0 Å². The van der Waals surface area contributed by atoms with Gasteiger partial charge in [-0.15, -0.1) is 0 Å². The van der Waals surface area contributed by atoms with Crippen LogP contribution in [0.3, 0.4) is 0 Å². The number of nitrogen functional groups attached to an aromatic ring is 1. The number of anilines is 2. The number of aromatic nitrogens is 3. The summed E-state index contributed by atoms with van der Waals surface area (Å²) in [5, 5.41) is 17.2. The van der Waals surface area contributed by atoms with Gasteiger partial charge in [0.05, 0.1) is 11.5 Å². The number of pyridine rings is 1. The number of hydrogen-bond donors (Lipinski definition) is 3. The third-order valence-electron chi connectivity index (χ3n) is 2.20. The lowest BCUT2D eigenvalue weighted by Crippen LogP contribution is -2.11. The van der Waals surface area contributed by atoms with Crippen molar-refractivity contribution in [2.24, 2.45) is 5.84 Å². The van der Waals surface area contributed by atoms with Gasteiger partial charge in [-0.3, -0.25) is 10.1 Å². The van der Waals surface area contributed by atoms with Gasteiger partial charge in [0, 0.05) is 6.07 Å². The largest absolute Gasteiger partial charge is 0.355 e. The van der Waals surface area contributed by atoms with Gasteiger partial charge in [0.25, 0.3) is 0 Å². The summed E-state index contributed by atoms with van der Waals surface area (Å²) in [7, 11) is 0. The molecule has 2 aromatic heterocycles. The van der Waals surface area contributed by atoms with Crippen LogP contribution >= 0.6 is 0 Å². The van der Waals surface area contributed by atoms with E-state index in [0.717, 1.165) is 0 Å². The summed E-state index contributed by atoms with van der Waals surface area (Å²) in [4.78, 5) is 18.2. The first kappa shape index (κ1) is 12.7. The van der Waals surface area contributed by atoms with Crippen molar-refractivity contribution in [1.82, 2.24) is 15.1 Å². The van der Waals surface area contributed by atoms with Crippen LogP contribution < -0.4 is 16.6 Å². The number of hydrogen-bond acceptors (Lipinski definition) is 9. The Bertz CT molecular complexity index is 597. The zero-order chi connectivity index (χ0) is 13.8. The molecule has 0 aliphatic heterocycles. The average Bonchev–Trinajstić information content (AvgIpc) is 2.81. The highest BCUT2D eigenvalue weighted by atomic mass is 16.6. The fourth-order valence-electron chi connectivity index (χ4n) is 1.38. The van der Waals surface area contributed by atoms with E-state index in [1.807, 2.05) is 0 Å². The van der Waals surface area contributed by atoms with Gasteiger partial charge in [0.1, 0.15) is 5.82 Å². The fourth-order valence-corrected chi connectivity index (χ4v) is 1.38. The van der Waals surface area contributed by atoms with E-state index in [0.29, 0.717) is 17.5 Å². The monoisotopic (exact) mass is 265 g/mol. The van der Waals surface area contributed by atoms with E-state index in [-0.39, 0.29) is 18.1 Å². The topological polar surface area (TPSA) is 145 Å². The first-order valence-electron chi connectivity index (χ1n) is 5.25. The first-order valence-corrected chi connectivity index (χ1v) is 5.25. The number of aryl methyl sites for hydroxylation is 1. The van der Waals surface area contributed by atoms with E-state index in [9.17, 15) is 10.1 Å². The molecule has 0 radical (unpaired) electrons. The van der Waals surface area contributed by atoms with E-state index >= 15 is 0 Å². The second-order valence-corrected chi connectivity index (χ2v) is 3.55. The van der Waals surface area contributed by atoms with Crippen molar-refractivity contribution < 1.29 is 9.45 Å². The van der Waals surface area contributed by atoms with Crippen LogP contribution in [0.1, 0.15) is 11.7 Å². The van der Waals surface area contributed by atoms with Gasteiger partial charge >= 0.3 is 5.69 Å². The third-order valence-corrected chi connectivity index (χ3v) is 2.20. The van der Waals surface area contributed by atoms with Crippen molar-refractivity contribution in [3.8, 4) is 0 Å². The minimum atomic E-state index is -0.547. The highest BCUT2D eigenvalue weighted by Crippen LogP contribution is 2.23. The summed E-state index contributed by atoms with van der Waals surface area (Å²) in [6.07, 6.45) is 0. The Balaban J connectivity index is 2.19. The molecule has 0 aliphatic carbocycles. The van der Waals surface area contributed by atoms with Crippen LogP contribution in [0.4, 0.5) is 17.3 Å². The molecule has 0 aliphatic rings. The predicted octanol–water partition coefficient (Wildman–Crippen LogP) is 0.579. The quantitative estimate of drug-likeness (QED) is 0.401. The highest BCUT2D eigenvalue weighted by Gasteiger charge is 2.16. The van der Waals surface area contributed by atoms with Gasteiger partial charge in [-0.1, -0.05) is 5.16 Å². The molecule has 10 heteroatoms. The Labute approximate surface area is 107 Å². The molecule has 0 atom stereocenters. The van der Waals surface area contributed by atoms with E-state index in [2.05, 4.69) is 25.9 Å². The Kier molecular flexibility index (Phi) is 3.52. The summed E-state index contributed by atoms with van der Waals surface area (Å²) in [5.41, 5.74) is 2.14. The predicted molar refractivity (Wildman–Crippen MR) is 65.1 cm³/mol. The van der Waals surface area contributed by atoms with E-state index < -0.39 is 4.92 Å². The molecule has 0 saturated carbocycles. The van der Waals surface area contributed by atoms with E-state index in [1.54, 1.807) is 6.92 Å². The Hall–Kier alpha value is -2.75. The SMILES string of the molecule is Cc1noc(CNc2nc(NN)ccc2[N+](=O)[O-])n1. The molecule has 0 spiro atoms. The van der Waals surface area contributed by atoms with Gasteiger partial charge < -0.3 is 15.3 Å². The highest BCUT2D eigenvalue weighted by molar-refractivity contribution is 5.59. The lowest BCUT2D eigenvalue weighted by molar-refractivity contribution is -0.384. The number of rotatable bonds is 5. The second-order valence-electron chi connectivity index (χ2n) is 3.55. The van der Waals surface area contributed by atoms with Gasteiger partial charge in [-0.2, -0.15) is 4.98 Å². The minimum Gasteiger partial charge on any atom is -0.355 e. The van der Waals surface area contributed by atoms with Crippen molar-refractivity contribution in [1.29, 1.82) is 0 Å². The van der Waals surface area contributed by atoms with E-state index in [4.69, 9.17) is 10.4 Å².